The number of hydrogen-bond acceptors (Lipinski definition) is 2. The molecular weight excluding hydrogens is 442 g/mol. The standard InChI is InChI=1S/C12H8F14O2/c1-4(2)6(27)28-5(13)3-7(14,15)8(16,17)9(18,19)10(20,21)11(22,23)12(24,25)26/h5H,1,3H2,2H3. The van der Waals surface area contributed by atoms with Crippen LogP contribution in [-0.4, -0.2) is 48.1 Å². The number of carbonyl (C=O) groups is 1. The second-order valence-electron chi connectivity index (χ2n) is 5.30. The normalized spacial score (nSPS) is 16.0. The van der Waals surface area contributed by atoms with Gasteiger partial charge in [-0.3, -0.25) is 0 Å². The zero-order chi connectivity index (χ0) is 23.1. The second-order valence-corrected chi connectivity index (χ2v) is 5.30. The minimum atomic E-state index is -8.08. The Morgan fingerprint density at radius 1 is 0.786 bits per heavy atom. The topological polar surface area (TPSA) is 26.3 Å². The first kappa shape index (κ1) is 26.2. The lowest BCUT2D eigenvalue weighted by Gasteiger charge is -2.39. The smallest absolute Gasteiger partial charge is 0.428 e. The molecule has 166 valence electrons. The third-order valence-corrected chi connectivity index (χ3v) is 3.00. The maximum Gasteiger partial charge on any atom is 0.460 e. The number of rotatable bonds is 8. The van der Waals surface area contributed by atoms with E-state index in [0.29, 0.717) is 0 Å². The van der Waals surface area contributed by atoms with Crippen LogP contribution >= 0.6 is 0 Å². The van der Waals surface area contributed by atoms with Crippen molar-refractivity contribution < 1.29 is 71.0 Å². The molecule has 1 atom stereocenters. The first-order valence-electron chi connectivity index (χ1n) is 6.43. The highest BCUT2D eigenvalue weighted by Gasteiger charge is 2.90. The van der Waals surface area contributed by atoms with Gasteiger partial charge in [0.15, 0.2) is 0 Å². The maximum absolute atomic E-state index is 13.3. The molecule has 0 aromatic rings. The van der Waals surface area contributed by atoms with Gasteiger partial charge in [-0.2, -0.15) is 57.1 Å². The number of ether oxygens (including phenoxy) is 1. The van der Waals surface area contributed by atoms with Crippen LogP contribution < -0.4 is 0 Å². The van der Waals surface area contributed by atoms with Crippen LogP contribution in [0.15, 0.2) is 12.2 Å². The van der Waals surface area contributed by atoms with Gasteiger partial charge in [-0.15, -0.1) is 0 Å². The summed E-state index contributed by atoms with van der Waals surface area (Å²) in [6.07, 6.45) is -14.7. The Kier molecular flexibility index (Phi) is 6.78. The fraction of sp³-hybridized carbons (Fsp3) is 0.750. The molecule has 1 unspecified atom stereocenters. The summed E-state index contributed by atoms with van der Waals surface area (Å²) in [6.45, 7) is 3.58. The van der Waals surface area contributed by atoms with Crippen molar-refractivity contribution in [1.29, 1.82) is 0 Å². The highest BCUT2D eigenvalue weighted by molar-refractivity contribution is 5.87. The second kappa shape index (κ2) is 7.24. The largest absolute Gasteiger partial charge is 0.460 e. The number of hydrogen-bond donors (Lipinski definition) is 0. The Labute approximate surface area is 146 Å². The van der Waals surface area contributed by atoms with Crippen LogP contribution in [0.3, 0.4) is 0 Å². The van der Waals surface area contributed by atoms with Crippen molar-refractivity contribution in [1.82, 2.24) is 0 Å². The average Bonchev–Trinajstić information content (AvgIpc) is 2.44. The van der Waals surface area contributed by atoms with Crippen LogP contribution in [0, 0.1) is 0 Å². The number of alkyl halides is 14. The number of esters is 1. The van der Waals surface area contributed by atoms with E-state index in [4.69, 9.17) is 0 Å². The van der Waals surface area contributed by atoms with Crippen molar-refractivity contribution in [3.05, 3.63) is 12.2 Å². The molecule has 0 N–H and O–H groups in total. The molecule has 0 aliphatic heterocycles. The van der Waals surface area contributed by atoms with Gasteiger partial charge in [-0.05, 0) is 6.92 Å². The molecular formula is C12H8F14O2. The first-order valence-corrected chi connectivity index (χ1v) is 6.43. The summed E-state index contributed by atoms with van der Waals surface area (Å²) < 4.78 is 182. The Morgan fingerprint density at radius 2 is 1.14 bits per heavy atom. The Balaban J connectivity index is 5.98. The number of halogens is 14. The van der Waals surface area contributed by atoms with E-state index >= 15 is 0 Å². The van der Waals surface area contributed by atoms with Gasteiger partial charge in [0.1, 0.15) is 0 Å². The molecule has 0 amide bonds. The maximum atomic E-state index is 13.3. The fourth-order valence-electron chi connectivity index (χ4n) is 1.39. The lowest BCUT2D eigenvalue weighted by molar-refractivity contribution is -0.441. The van der Waals surface area contributed by atoms with E-state index in [9.17, 15) is 66.3 Å². The summed E-state index contributed by atoms with van der Waals surface area (Å²) in [5, 5.41) is 0. The third kappa shape index (κ3) is 4.14. The van der Waals surface area contributed by atoms with E-state index in [1.165, 1.54) is 0 Å². The highest BCUT2D eigenvalue weighted by Crippen LogP contribution is 2.60. The van der Waals surface area contributed by atoms with Gasteiger partial charge in [-0.25, -0.2) is 9.18 Å². The minimum absolute atomic E-state index is 0.709. The van der Waals surface area contributed by atoms with Gasteiger partial charge in [0.05, 0.1) is 6.42 Å². The molecule has 0 aromatic heterocycles. The van der Waals surface area contributed by atoms with Crippen LogP contribution in [0.1, 0.15) is 13.3 Å². The van der Waals surface area contributed by atoms with E-state index in [2.05, 4.69) is 11.3 Å². The van der Waals surface area contributed by atoms with Gasteiger partial charge >= 0.3 is 41.8 Å². The van der Waals surface area contributed by atoms with E-state index in [-0.39, 0.29) is 0 Å². The van der Waals surface area contributed by atoms with E-state index < -0.39 is 60.1 Å². The third-order valence-electron chi connectivity index (χ3n) is 3.00. The van der Waals surface area contributed by atoms with Crippen LogP contribution in [-0.2, 0) is 9.53 Å². The quantitative estimate of drug-likeness (QED) is 0.276. The molecule has 0 rings (SSSR count). The molecule has 0 aliphatic carbocycles. The summed E-state index contributed by atoms with van der Waals surface area (Å²) in [7, 11) is 0. The van der Waals surface area contributed by atoms with Crippen LogP contribution in [0.25, 0.3) is 0 Å². The molecule has 0 radical (unpaired) electrons. The molecule has 2 nitrogen and oxygen atoms in total. The van der Waals surface area contributed by atoms with Gasteiger partial charge in [0.2, 0.25) is 6.36 Å². The molecule has 0 heterocycles. The zero-order valence-electron chi connectivity index (χ0n) is 13.1. The Morgan fingerprint density at radius 3 is 1.46 bits per heavy atom. The van der Waals surface area contributed by atoms with Crippen molar-refractivity contribution in [3.63, 3.8) is 0 Å². The van der Waals surface area contributed by atoms with E-state index in [1.807, 2.05) is 0 Å². The molecule has 0 saturated carbocycles. The van der Waals surface area contributed by atoms with Gasteiger partial charge < -0.3 is 4.74 Å². The van der Waals surface area contributed by atoms with E-state index in [1.54, 1.807) is 0 Å². The van der Waals surface area contributed by atoms with Crippen molar-refractivity contribution in [2.75, 3.05) is 0 Å². The molecule has 0 aliphatic rings. The average molecular weight is 450 g/mol. The molecule has 0 saturated heterocycles. The van der Waals surface area contributed by atoms with Crippen LogP contribution in [0.2, 0.25) is 0 Å². The van der Waals surface area contributed by atoms with Crippen molar-refractivity contribution >= 4 is 5.97 Å². The first-order chi connectivity index (χ1) is 12.0. The van der Waals surface area contributed by atoms with Crippen molar-refractivity contribution in [2.45, 2.75) is 55.5 Å². The van der Waals surface area contributed by atoms with Crippen molar-refractivity contribution in [3.8, 4) is 0 Å². The lowest BCUT2D eigenvalue weighted by atomic mass is 9.92. The zero-order valence-corrected chi connectivity index (χ0v) is 13.1. The molecule has 0 spiro atoms. The fourth-order valence-corrected chi connectivity index (χ4v) is 1.39. The minimum Gasteiger partial charge on any atom is -0.428 e. The van der Waals surface area contributed by atoms with Crippen LogP contribution in [0.4, 0.5) is 61.5 Å². The predicted octanol–water partition coefficient (Wildman–Crippen LogP) is 5.53. The predicted molar refractivity (Wildman–Crippen MR) is 61.2 cm³/mol. The molecule has 0 aromatic carbocycles. The van der Waals surface area contributed by atoms with Gasteiger partial charge in [0.25, 0.3) is 0 Å². The lowest BCUT2D eigenvalue weighted by Crippen LogP contribution is -2.70. The molecule has 28 heavy (non-hydrogen) atoms. The summed E-state index contributed by atoms with van der Waals surface area (Å²) in [4.78, 5) is 10.8. The summed E-state index contributed by atoms with van der Waals surface area (Å²) in [5.41, 5.74) is -0.709. The van der Waals surface area contributed by atoms with E-state index in [0.717, 1.165) is 6.92 Å². The Bertz CT molecular complexity index is 606. The Hall–Kier alpha value is -1.77. The molecule has 0 bridgehead atoms. The monoisotopic (exact) mass is 450 g/mol. The highest BCUT2D eigenvalue weighted by atomic mass is 19.4. The summed E-state index contributed by atoms with van der Waals surface area (Å²) in [5.74, 6) is -40.1. The molecule has 0 fully saturated rings. The molecule has 16 heteroatoms. The van der Waals surface area contributed by atoms with Gasteiger partial charge in [-0.1, -0.05) is 6.58 Å². The van der Waals surface area contributed by atoms with Crippen LogP contribution in [0.5, 0.6) is 0 Å². The summed E-state index contributed by atoms with van der Waals surface area (Å²) in [6, 6.07) is 0. The van der Waals surface area contributed by atoms with Crippen molar-refractivity contribution in [2.24, 2.45) is 0 Å². The SMILES string of the molecule is C=C(C)C(=O)OC(F)CC(F)(F)C(F)(F)C(F)(F)C(F)(F)C(F)(F)C(F)(F)F. The number of carbonyl (C=O) groups excluding carboxylic acids is 1. The summed E-state index contributed by atoms with van der Waals surface area (Å²) >= 11 is 0. The van der Waals surface area contributed by atoms with Gasteiger partial charge in [0, 0.05) is 5.57 Å².